The maximum absolute atomic E-state index is 12.6. The van der Waals surface area contributed by atoms with Crippen molar-refractivity contribution in [1.29, 1.82) is 0 Å². The predicted molar refractivity (Wildman–Crippen MR) is 88.3 cm³/mol. The van der Waals surface area contributed by atoms with Gasteiger partial charge < -0.3 is 0 Å². The van der Waals surface area contributed by atoms with Crippen molar-refractivity contribution in [3.8, 4) is 0 Å². The molecule has 24 heavy (non-hydrogen) atoms. The minimum absolute atomic E-state index is 0.362. The average molecular weight is 321 g/mol. The van der Waals surface area contributed by atoms with Gasteiger partial charge in [-0.1, -0.05) is 6.07 Å². The molecule has 0 aliphatic heterocycles. The first-order valence-electron chi connectivity index (χ1n) is 7.33. The van der Waals surface area contributed by atoms with E-state index >= 15 is 0 Å². The van der Waals surface area contributed by atoms with Crippen molar-refractivity contribution in [2.24, 2.45) is 17.3 Å². The molecule has 0 amide bonds. The molecule has 120 valence electrons. The summed E-state index contributed by atoms with van der Waals surface area (Å²) in [6.45, 7) is 1.33. The number of pyridine rings is 1. The van der Waals surface area contributed by atoms with Gasteiger partial charge in [-0.3, -0.25) is 19.3 Å². The minimum Gasteiger partial charge on any atom is -0.297 e. The molecule has 0 bridgehead atoms. The number of aromatic nitrogens is 3. The van der Waals surface area contributed by atoms with E-state index in [1.54, 1.807) is 48.4 Å². The summed E-state index contributed by atoms with van der Waals surface area (Å²) in [5.74, 6) is -0.750. The van der Waals surface area contributed by atoms with Crippen LogP contribution in [-0.4, -0.2) is 32.4 Å². The van der Waals surface area contributed by atoms with Crippen LogP contribution in [0.2, 0.25) is 0 Å². The molecule has 0 radical (unpaired) electrons. The summed E-state index contributed by atoms with van der Waals surface area (Å²) in [6.07, 6.45) is 4.84. The molecule has 1 atom stereocenters. The summed E-state index contributed by atoms with van der Waals surface area (Å²) in [5.41, 5.74) is 1.67. The first-order chi connectivity index (χ1) is 11.5. The summed E-state index contributed by atoms with van der Waals surface area (Å²) in [4.78, 5) is 28.7. The molecule has 1 unspecified atom stereocenters. The van der Waals surface area contributed by atoms with Crippen LogP contribution >= 0.6 is 0 Å². The molecule has 0 N–H and O–H groups in total. The second-order valence-corrected chi connectivity index (χ2v) is 5.38. The molecule has 0 fully saturated rings. The predicted octanol–water partition coefficient (Wildman–Crippen LogP) is 2.89. The highest BCUT2D eigenvalue weighted by Gasteiger charge is 2.24. The quantitative estimate of drug-likeness (QED) is 0.410. The van der Waals surface area contributed by atoms with Crippen LogP contribution in [0.4, 0.5) is 5.69 Å². The van der Waals surface area contributed by atoms with Gasteiger partial charge in [-0.2, -0.15) is 15.3 Å². The Morgan fingerprint density at radius 3 is 2.79 bits per heavy atom. The van der Waals surface area contributed by atoms with Crippen molar-refractivity contribution in [3.63, 3.8) is 0 Å². The molecule has 3 aromatic rings. The minimum atomic E-state index is -1.17. The Kier molecular flexibility index (Phi) is 4.24. The Labute approximate surface area is 138 Å². The van der Waals surface area contributed by atoms with Crippen molar-refractivity contribution in [1.82, 2.24) is 14.8 Å². The fraction of sp³-hybridized carbons (Fsp3) is 0.176. The van der Waals surface area contributed by atoms with Gasteiger partial charge in [0.25, 0.3) is 0 Å². The lowest BCUT2D eigenvalue weighted by Gasteiger charge is -2.07. The van der Waals surface area contributed by atoms with Gasteiger partial charge in [0.15, 0.2) is 17.6 Å². The van der Waals surface area contributed by atoms with E-state index in [0.29, 0.717) is 11.3 Å². The highest BCUT2D eigenvalue weighted by molar-refractivity contribution is 6.14. The number of Topliss-reactive ketones (excluding diaryl/α,β-unsaturated/α-hetero) is 2. The third-order valence-electron chi connectivity index (χ3n) is 3.50. The maximum Gasteiger partial charge on any atom is 0.196 e. The maximum atomic E-state index is 12.6. The molecule has 7 nitrogen and oxygen atoms in total. The highest BCUT2D eigenvalue weighted by atomic mass is 16.2. The van der Waals surface area contributed by atoms with E-state index < -0.39 is 6.04 Å². The van der Waals surface area contributed by atoms with Crippen LogP contribution in [0.25, 0.3) is 10.9 Å². The van der Waals surface area contributed by atoms with Crippen LogP contribution in [0.15, 0.2) is 59.2 Å². The van der Waals surface area contributed by atoms with Gasteiger partial charge in [-0.15, -0.1) is 0 Å². The number of benzene rings is 1. The summed E-state index contributed by atoms with van der Waals surface area (Å²) in [6, 6.07) is 7.59. The van der Waals surface area contributed by atoms with Gasteiger partial charge in [-0.25, -0.2) is 0 Å². The Morgan fingerprint density at radius 2 is 2.08 bits per heavy atom. The largest absolute Gasteiger partial charge is 0.297 e. The van der Waals surface area contributed by atoms with E-state index in [0.717, 1.165) is 10.9 Å². The SMILES string of the molecule is CC(=O)C(/N=N/c1cnn(C)c1)C(=O)c1ccc2ncccc2c1. The Morgan fingerprint density at radius 1 is 1.25 bits per heavy atom. The standard InChI is InChI=1S/C17H15N5O2/c1-11(23)16(21-20-14-9-19-22(2)10-14)17(24)13-5-6-15-12(8-13)4-3-7-18-15/h3-10,16H,1-2H3/b21-20+. The van der Waals surface area contributed by atoms with Crippen LogP contribution in [0.5, 0.6) is 0 Å². The number of nitrogens with zero attached hydrogens (tertiary/aromatic N) is 5. The first kappa shape index (κ1) is 15.7. The van der Waals surface area contributed by atoms with Gasteiger partial charge in [0.2, 0.25) is 0 Å². The van der Waals surface area contributed by atoms with Crippen molar-refractivity contribution in [3.05, 3.63) is 54.5 Å². The number of azo groups is 1. The Hall–Kier alpha value is -3.22. The summed E-state index contributed by atoms with van der Waals surface area (Å²) < 4.78 is 1.56. The molecule has 3 rings (SSSR count). The van der Waals surface area contributed by atoms with Crippen LogP contribution in [-0.2, 0) is 11.8 Å². The van der Waals surface area contributed by atoms with E-state index in [1.165, 1.54) is 13.1 Å². The molecular formula is C17H15N5O2. The fourth-order valence-corrected chi connectivity index (χ4v) is 2.29. The molecule has 0 spiro atoms. The van der Waals surface area contributed by atoms with Crippen LogP contribution in [0, 0.1) is 0 Å². The van der Waals surface area contributed by atoms with Crippen molar-refractivity contribution >= 4 is 28.2 Å². The lowest BCUT2D eigenvalue weighted by Crippen LogP contribution is -2.26. The van der Waals surface area contributed by atoms with Crippen molar-refractivity contribution in [2.75, 3.05) is 0 Å². The summed E-state index contributed by atoms with van der Waals surface area (Å²) >= 11 is 0. The molecule has 2 aromatic heterocycles. The zero-order valence-electron chi connectivity index (χ0n) is 13.2. The fourth-order valence-electron chi connectivity index (χ4n) is 2.29. The number of fused-ring (bicyclic) bond motifs is 1. The smallest absolute Gasteiger partial charge is 0.196 e. The van der Waals surface area contributed by atoms with Gasteiger partial charge in [0, 0.05) is 24.2 Å². The second kappa shape index (κ2) is 6.49. The van der Waals surface area contributed by atoms with Crippen molar-refractivity contribution in [2.45, 2.75) is 13.0 Å². The lowest BCUT2D eigenvalue weighted by molar-refractivity contribution is -0.117. The van der Waals surface area contributed by atoms with Crippen LogP contribution < -0.4 is 0 Å². The second-order valence-electron chi connectivity index (χ2n) is 5.38. The van der Waals surface area contributed by atoms with E-state index in [4.69, 9.17) is 0 Å². The molecule has 1 aromatic carbocycles. The Balaban J connectivity index is 1.90. The highest BCUT2D eigenvalue weighted by Crippen LogP contribution is 2.17. The van der Waals surface area contributed by atoms with Gasteiger partial charge in [-0.05, 0) is 31.2 Å². The molecular weight excluding hydrogens is 306 g/mol. The van der Waals surface area contributed by atoms with Crippen molar-refractivity contribution < 1.29 is 9.59 Å². The first-order valence-corrected chi connectivity index (χ1v) is 7.33. The third-order valence-corrected chi connectivity index (χ3v) is 3.50. The molecule has 7 heteroatoms. The van der Waals surface area contributed by atoms with E-state index in [-0.39, 0.29) is 11.6 Å². The third kappa shape index (κ3) is 3.24. The number of carbonyl (C=O) groups excluding carboxylic acids is 2. The van der Waals surface area contributed by atoms with E-state index in [1.807, 2.05) is 6.07 Å². The van der Waals surface area contributed by atoms with Crippen LogP contribution in [0.1, 0.15) is 17.3 Å². The van der Waals surface area contributed by atoms with Gasteiger partial charge >= 0.3 is 0 Å². The number of hydrogen-bond donors (Lipinski definition) is 0. The summed E-state index contributed by atoms with van der Waals surface area (Å²) in [7, 11) is 1.75. The number of rotatable bonds is 5. The number of aryl methyl sites for hydroxylation is 1. The van der Waals surface area contributed by atoms with Crippen LogP contribution in [0.3, 0.4) is 0 Å². The Bertz CT molecular complexity index is 945. The van der Waals surface area contributed by atoms with Gasteiger partial charge in [0.05, 0.1) is 17.9 Å². The molecule has 2 heterocycles. The molecule has 0 saturated carbocycles. The lowest BCUT2D eigenvalue weighted by atomic mass is 10.0. The zero-order chi connectivity index (χ0) is 17.1. The zero-order valence-corrected chi connectivity index (χ0v) is 13.2. The normalized spacial score (nSPS) is 12.6. The molecule has 0 aliphatic carbocycles. The van der Waals surface area contributed by atoms with Gasteiger partial charge in [0.1, 0.15) is 5.69 Å². The number of hydrogen-bond acceptors (Lipinski definition) is 6. The average Bonchev–Trinajstić information content (AvgIpc) is 2.99. The molecule has 0 aliphatic rings. The molecule has 0 saturated heterocycles. The van der Waals surface area contributed by atoms with E-state index in [2.05, 4.69) is 20.3 Å². The monoisotopic (exact) mass is 321 g/mol. The number of ketones is 2. The van der Waals surface area contributed by atoms with E-state index in [9.17, 15) is 9.59 Å². The summed E-state index contributed by atoms with van der Waals surface area (Å²) in [5, 5.41) is 12.7. The number of carbonyl (C=O) groups is 2. The topological polar surface area (TPSA) is 89.6 Å².